The summed E-state index contributed by atoms with van der Waals surface area (Å²) < 4.78 is 57.9. The quantitative estimate of drug-likeness (QED) is 0.776. The normalized spacial score (nSPS) is 12.9. The maximum absolute atomic E-state index is 12.1. The van der Waals surface area contributed by atoms with E-state index in [0.29, 0.717) is 12.1 Å². The second kappa shape index (κ2) is 3.62. The molecule has 84 valence electrons. The minimum Gasteiger partial charge on any atom is -0.230 e. The zero-order valence-electron chi connectivity index (χ0n) is 6.92. The first-order chi connectivity index (χ1) is 6.62. The number of sulfonamides is 1. The van der Waals surface area contributed by atoms with Gasteiger partial charge in [-0.05, 0) is 12.1 Å². The summed E-state index contributed by atoms with van der Waals surface area (Å²) in [6.07, 6.45) is -4.68. The Bertz CT molecular complexity index is 486. The van der Waals surface area contributed by atoms with Crippen LogP contribution in [0.1, 0.15) is 5.69 Å². The largest absolute Gasteiger partial charge is 0.433 e. The molecule has 15 heavy (non-hydrogen) atoms. The summed E-state index contributed by atoms with van der Waals surface area (Å²) >= 11 is 5.25. The standard InChI is InChI=1S/C6H4ClF3N2O2S/c7-5-3(15(11,13)14)1-2-4(12-5)6(8,9)10/h1-2H,(H2,11,13,14). The minimum absolute atomic E-state index is 0.492. The molecule has 0 unspecified atom stereocenters. The fourth-order valence-corrected chi connectivity index (χ4v) is 1.81. The van der Waals surface area contributed by atoms with E-state index in [-0.39, 0.29) is 0 Å². The molecule has 1 rings (SSSR count). The number of primary sulfonamides is 1. The third kappa shape index (κ3) is 2.80. The van der Waals surface area contributed by atoms with Crippen LogP contribution in [-0.2, 0) is 16.2 Å². The van der Waals surface area contributed by atoms with Gasteiger partial charge >= 0.3 is 6.18 Å². The van der Waals surface area contributed by atoms with E-state index in [4.69, 9.17) is 11.6 Å². The molecular weight excluding hydrogens is 257 g/mol. The average molecular weight is 261 g/mol. The van der Waals surface area contributed by atoms with Crippen molar-refractivity contribution in [3.8, 4) is 0 Å². The highest BCUT2D eigenvalue weighted by atomic mass is 35.5. The molecule has 1 heterocycles. The number of nitrogens with two attached hydrogens (primary N) is 1. The molecule has 0 spiro atoms. The Kier molecular flexibility index (Phi) is 2.94. The lowest BCUT2D eigenvalue weighted by molar-refractivity contribution is -0.141. The van der Waals surface area contributed by atoms with Gasteiger partial charge in [0.25, 0.3) is 0 Å². The summed E-state index contributed by atoms with van der Waals surface area (Å²) in [4.78, 5) is 2.25. The molecule has 0 atom stereocenters. The van der Waals surface area contributed by atoms with Crippen molar-refractivity contribution in [1.82, 2.24) is 4.98 Å². The fraction of sp³-hybridized carbons (Fsp3) is 0.167. The third-order valence-electron chi connectivity index (χ3n) is 1.41. The zero-order valence-corrected chi connectivity index (χ0v) is 8.49. The van der Waals surface area contributed by atoms with Gasteiger partial charge < -0.3 is 0 Å². The van der Waals surface area contributed by atoms with E-state index < -0.39 is 31.9 Å². The SMILES string of the molecule is NS(=O)(=O)c1ccc(C(F)(F)F)nc1Cl. The highest BCUT2D eigenvalue weighted by Crippen LogP contribution is 2.30. The molecule has 1 aromatic rings. The van der Waals surface area contributed by atoms with E-state index in [9.17, 15) is 21.6 Å². The Balaban J connectivity index is 3.34. The summed E-state index contributed by atoms with van der Waals surface area (Å²) in [6, 6.07) is 1.15. The van der Waals surface area contributed by atoms with Crippen molar-refractivity contribution in [1.29, 1.82) is 0 Å². The third-order valence-corrected chi connectivity index (χ3v) is 2.75. The van der Waals surface area contributed by atoms with Crippen LogP contribution in [0, 0.1) is 0 Å². The van der Waals surface area contributed by atoms with Gasteiger partial charge in [-0.15, -0.1) is 0 Å². The van der Waals surface area contributed by atoms with Gasteiger partial charge in [0.05, 0.1) is 0 Å². The molecule has 2 N–H and O–H groups in total. The van der Waals surface area contributed by atoms with Crippen molar-refractivity contribution in [2.24, 2.45) is 5.14 Å². The summed E-state index contributed by atoms with van der Waals surface area (Å²) in [7, 11) is -4.16. The Labute approximate surface area is 87.9 Å². The fourth-order valence-electron chi connectivity index (χ4n) is 0.792. The molecule has 4 nitrogen and oxygen atoms in total. The molecule has 0 bridgehead atoms. The number of alkyl halides is 3. The maximum atomic E-state index is 12.1. The lowest BCUT2D eigenvalue weighted by Crippen LogP contribution is -2.15. The second-order valence-corrected chi connectivity index (χ2v) is 4.42. The highest BCUT2D eigenvalue weighted by molar-refractivity contribution is 7.89. The number of aromatic nitrogens is 1. The summed E-state index contributed by atoms with van der Waals surface area (Å²) in [6.45, 7) is 0. The molecule has 0 fully saturated rings. The van der Waals surface area contributed by atoms with E-state index in [1.54, 1.807) is 0 Å². The molecule has 0 aliphatic heterocycles. The van der Waals surface area contributed by atoms with Crippen molar-refractivity contribution in [3.05, 3.63) is 23.0 Å². The number of hydrogen-bond donors (Lipinski definition) is 1. The lowest BCUT2D eigenvalue weighted by atomic mass is 10.3. The number of pyridine rings is 1. The van der Waals surface area contributed by atoms with Gasteiger partial charge in [-0.25, -0.2) is 18.5 Å². The van der Waals surface area contributed by atoms with Crippen LogP contribution in [0.3, 0.4) is 0 Å². The van der Waals surface area contributed by atoms with E-state index >= 15 is 0 Å². The number of hydrogen-bond acceptors (Lipinski definition) is 3. The van der Waals surface area contributed by atoms with Crippen molar-refractivity contribution >= 4 is 21.6 Å². The topological polar surface area (TPSA) is 73.1 Å². The van der Waals surface area contributed by atoms with Gasteiger partial charge in [0.15, 0.2) is 0 Å². The molecule has 9 heteroatoms. The van der Waals surface area contributed by atoms with E-state index in [0.717, 1.165) is 0 Å². The van der Waals surface area contributed by atoms with Gasteiger partial charge in [0, 0.05) is 0 Å². The van der Waals surface area contributed by atoms with Crippen molar-refractivity contribution in [3.63, 3.8) is 0 Å². The first-order valence-electron chi connectivity index (χ1n) is 3.39. The van der Waals surface area contributed by atoms with Crippen LogP contribution in [0.5, 0.6) is 0 Å². The average Bonchev–Trinajstić information content (AvgIpc) is 1.99. The van der Waals surface area contributed by atoms with E-state index in [1.165, 1.54) is 0 Å². The Morgan fingerprint density at radius 3 is 2.20 bits per heavy atom. The molecule has 0 saturated carbocycles. The first-order valence-corrected chi connectivity index (χ1v) is 5.31. The molecule has 0 aliphatic rings. The number of halogens is 4. The molecule has 0 radical (unpaired) electrons. The van der Waals surface area contributed by atoms with Crippen LogP contribution in [0.4, 0.5) is 13.2 Å². The molecule has 0 amide bonds. The zero-order chi connectivity index (χ0) is 11.9. The van der Waals surface area contributed by atoms with Gasteiger partial charge in [0.2, 0.25) is 10.0 Å². The Morgan fingerprint density at radius 1 is 1.33 bits per heavy atom. The Hall–Kier alpha value is -0.860. The monoisotopic (exact) mass is 260 g/mol. The summed E-state index contributed by atoms with van der Waals surface area (Å²) in [5.74, 6) is 0. The van der Waals surface area contributed by atoms with Crippen LogP contribution < -0.4 is 5.14 Å². The molecular formula is C6H4ClF3N2O2S. The Morgan fingerprint density at radius 2 is 1.87 bits per heavy atom. The lowest BCUT2D eigenvalue weighted by Gasteiger charge is -2.07. The van der Waals surface area contributed by atoms with Crippen molar-refractivity contribution in [2.75, 3.05) is 0 Å². The smallest absolute Gasteiger partial charge is 0.230 e. The van der Waals surface area contributed by atoms with Crippen LogP contribution in [0.2, 0.25) is 5.15 Å². The molecule has 0 aromatic carbocycles. The predicted molar refractivity (Wildman–Crippen MR) is 45.6 cm³/mol. The van der Waals surface area contributed by atoms with Crippen LogP contribution in [-0.4, -0.2) is 13.4 Å². The molecule has 1 aromatic heterocycles. The first kappa shape index (κ1) is 12.2. The number of rotatable bonds is 1. The predicted octanol–water partition coefficient (Wildman–Crippen LogP) is 1.40. The van der Waals surface area contributed by atoms with E-state index in [2.05, 4.69) is 10.1 Å². The van der Waals surface area contributed by atoms with Crippen molar-refractivity contribution < 1.29 is 21.6 Å². The van der Waals surface area contributed by atoms with Crippen LogP contribution in [0.25, 0.3) is 0 Å². The van der Waals surface area contributed by atoms with Crippen LogP contribution >= 0.6 is 11.6 Å². The van der Waals surface area contributed by atoms with Crippen LogP contribution in [0.15, 0.2) is 17.0 Å². The summed E-state index contributed by atoms with van der Waals surface area (Å²) in [5, 5.41) is 3.88. The van der Waals surface area contributed by atoms with Gasteiger partial charge in [-0.1, -0.05) is 11.6 Å². The maximum Gasteiger partial charge on any atom is 0.433 e. The minimum atomic E-state index is -4.68. The molecule has 0 aliphatic carbocycles. The second-order valence-electron chi connectivity index (χ2n) is 2.53. The molecule has 0 saturated heterocycles. The van der Waals surface area contributed by atoms with Gasteiger partial charge in [-0.2, -0.15) is 13.2 Å². The number of nitrogens with zero attached hydrogens (tertiary/aromatic N) is 1. The highest BCUT2D eigenvalue weighted by Gasteiger charge is 2.33. The summed E-state index contributed by atoms with van der Waals surface area (Å²) in [5.41, 5.74) is -1.28. The van der Waals surface area contributed by atoms with Gasteiger partial charge in [-0.3, -0.25) is 0 Å². The van der Waals surface area contributed by atoms with Gasteiger partial charge in [0.1, 0.15) is 15.7 Å². The van der Waals surface area contributed by atoms with E-state index in [1.807, 2.05) is 0 Å². The van der Waals surface area contributed by atoms with Crippen molar-refractivity contribution in [2.45, 2.75) is 11.1 Å².